The van der Waals surface area contributed by atoms with Crippen molar-refractivity contribution in [3.63, 3.8) is 0 Å². The predicted molar refractivity (Wildman–Crippen MR) is 104 cm³/mol. The summed E-state index contributed by atoms with van der Waals surface area (Å²) < 4.78 is 11.1. The fraction of sp³-hybridized carbons (Fsp3) is 0.857. The number of allylic oxidation sites excluding steroid dienone is 2. The maximum absolute atomic E-state index is 12.3. The molecule has 0 aromatic rings. The quantitative estimate of drug-likeness (QED) is 0.373. The molecule has 1 aliphatic carbocycles. The molecule has 2 atom stereocenters. The van der Waals surface area contributed by atoms with Gasteiger partial charge in [-0.2, -0.15) is 0 Å². The van der Waals surface area contributed by atoms with E-state index < -0.39 is 0 Å². The lowest BCUT2D eigenvalue weighted by Crippen LogP contribution is -2.28. The number of hydrogen-bond acceptors (Lipinski definition) is 3. The first-order valence-electron chi connectivity index (χ1n) is 9.99. The van der Waals surface area contributed by atoms with Crippen LogP contribution in [0.5, 0.6) is 0 Å². The zero-order valence-electron chi connectivity index (χ0n) is 17.0. The molecule has 0 radical (unpaired) electrons. The standard InChI is InChI=1S/C21H39NO3/c1-6-7-8-9-12-24-14-15-25-13-10-11-22-20(23)19-18(16-17(2)3)21(19,4)5/h16,18-19H,6-15H2,1-5H3,(H,22,23)/t18-,19+/m0/s1. The van der Waals surface area contributed by atoms with E-state index in [0.29, 0.717) is 32.3 Å². The van der Waals surface area contributed by atoms with Crippen molar-refractivity contribution in [1.82, 2.24) is 5.32 Å². The van der Waals surface area contributed by atoms with Crippen molar-refractivity contribution in [2.45, 2.75) is 66.7 Å². The van der Waals surface area contributed by atoms with Crippen LogP contribution in [0.25, 0.3) is 0 Å². The molecule has 25 heavy (non-hydrogen) atoms. The summed E-state index contributed by atoms with van der Waals surface area (Å²) in [5.74, 6) is 0.676. The molecule has 0 aromatic heterocycles. The van der Waals surface area contributed by atoms with Gasteiger partial charge >= 0.3 is 0 Å². The van der Waals surface area contributed by atoms with Crippen LogP contribution in [0.15, 0.2) is 11.6 Å². The summed E-state index contributed by atoms with van der Waals surface area (Å²) in [7, 11) is 0. The Morgan fingerprint density at radius 2 is 1.64 bits per heavy atom. The first kappa shape index (κ1) is 22.2. The highest BCUT2D eigenvalue weighted by molar-refractivity contribution is 5.83. The van der Waals surface area contributed by atoms with Crippen LogP contribution in [0.1, 0.15) is 66.7 Å². The third kappa shape index (κ3) is 8.37. The molecule has 0 spiro atoms. The second-order valence-corrected chi connectivity index (χ2v) is 8.00. The van der Waals surface area contributed by atoms with Gasteiger partial charge in [-0.3, -0.25) is 4.79 Å². The highest BCUT2D eigenvalue weighted by Gasteiger charge is 2.60. The highest BCUT2D eigenvalue weighted by Crippen LogP contribution is 2.59. The van der Waals surface area contributed by atoms with Crippen molar-refractivity contribution in [2.24, 2.45) is 17.3 Å². The Labute approximate surface area is 154 Å². The molecular weight excluding hydrogens is 314 g/mol. The van der Waals surface area contributed by atoms with Gasteiger partial charge in [0.05, 0.1) is 19.1 Å². The van der Waals surface area contributed by atoms with E-state index in [0.717, 1.165) is 19.4 Å². The minimum atomic E-state index is 0.0896. The van der Waals surface area contributed by atoms with E-state index in [1.54, 1.807) is 0 Å². The van der Waals surface area contributed by atoms with E-state index in [1.807, 2.05) is 0 Å². The maximum Gasteiger partial charge on any atom is 0.224 e. The Hall–Kier alpha value is -0.870. The lowest BCUT2D eigenvalue weighted by molar-refractivity contribution is -0.123. The normalized spacial score (nSPS) is 21.0. The van der Waals surface area contributed by atoms with Gasteiger partial charge in [0.25, 0.3) is 0 Å². The number of ether oxygens (including phenoxy) is 2. The SMILES string of the molecule is CCCCCCOCCOCCCNC(=O)[C@H]1[C@H](C=C(C)C)C1(C)C. The highest BCUT2D eigenvalue weighted by atomic mass is 16.5. The van der Waals surface area contributed by atoms with Gasteiger partial charge in [-0.05, 0) is 38.0 Å². The van der Waals surface area contributed by atoms with Gasteiger partial charge in [0.2, 0.25) is 5.91 Å². The molecule has 146 valence electrons. The molecule has 0 aliphatic heterocycles. The zero-order valence-corrected chi connectivity index (χ0v) is 17.0. The minimum absolute atomic E-state index is 0.0896. The summed E-state index contributed by atoms with van der Waals surface area (Å²) in [6.45, 7) is 14.2. The number of nitrogens with one attached hydrogen (secondary N) is 1. The van der Waals surface area contributed by atoms with Gasteiger partial charge in [-0.1, -0.05) is 51.7 Å². The van der Waals surface area contributed by atoms with Crippen LogP contribution in [-0.4, -0.2) is 38.9 Å². The monoisotopic (exact) mass is 353 g/mol. The Bertz CT molecular complexity index is 413. The summed E-state index contributed by atoms with van der Waals surface area (Å²) in [6.07, 6.45) is 8.03. The molecule has 1 amide bonds. The first-order valence-corrected chi connectivity index (χ1v) is 9.99. The van der Waals surface area contributed by atoms with Crippen molar-refractivity contribution < 1.29 is 14.3 Å². The molecule has 0 saturated heterocycles. The van der Waals surface area contributed by atoms with Crippen LogP contribution in [0.2, 0.25) is 0 Å². The van der Waals surface area contributed by atoms with Crippen molar-refractivity contribution in [1.29, 1.82) is 0 Å². The molecular formula is C21H39NO3. The predicted octanol–water partition coefficient (Wildman–Crippen LogP) is 4.34. The summed E-state index contributed by atoms with van der Waals surface area (Å²) in [6, 6.07) is 0. The van der Waals surface area contributed by atoms with Crippen LogP contribution in [0.3, 0.4) is 0 Å². The number of hydrogen-bond donors (Lipinski definition) is 1. The van der Waals surface area contributed by atoms with Crippen molar-refractivity contribution in [3.8, 4) is 0 Å². The van der Waals surface area contributed by atoms with Crippen LogP contribution in [0, 0.1) is 17.3 Å². The fourth-order valence-corrected chi connectivity index (χ4v) is 3.30. The fourth-order valence-electron chi connectivity index (χ4n) is 3.30. The van der Waals surface area contributed by atoms with Gasteiger partial charge in [0.15, 0.2) is 0 Å². The molecule has 1 aliphatic rings. The topological polar surface area (TPSA) is 47.6 Å². The first-order chi connectivity index (χ1) is 11.9. The van der Waals surface area contributed by atoms with Crippen LogP contribution < -0.4 is 5.32 Å². The summed E-state index contributed by atoms with van der Waals surface area (Å²) in [5, 5.41) is 3.05. The van der Waals surface area contributed by atoms with Gasteiger partial charge in [0, 0.05) is 19.8 Å². The molecule has 1 rings (SSSR count). The van der Waals surface area contributed by atoms with Gasteiger partial charge in [0.1, 0.15) is 0 Å². The van der Waals surface area contributed by atoms with E-state index in [-0.39, 0.29) is 17.2 Å². The average Bonchev–Trinajstić information content (AvgIpc) is 3.08. The lowest BCUT2D eigenvalue weighted by atomic mass is 10.1. The number of rotatable bonds is 14. The summed E-state index contributed by atoms with van der Waals surface area (Å²) >= 11 is 0. The second kappa shape index (κ2) is 11.7. The number of carbonyl (C=O) groups is 1. The smallest absolute Gasteiger partial charge is 0.224 e. The summed E-state index contributed by atoms with van der Waals surface area (Å²) in [4.78, 5) is 12.3. The van der Waals surface area contributed by atoms with Crippen molar-refractivity contribution in [2.75, 3.05) is 33.0 Å². The Kier molecular flexibility index (Phi) is 10.4. The number of unbranched alkanes of at least 4 members (excludes halogenated alkanes) is 3. The average molecular weight is 354 g/mol. The number of amides is 1. The molecule has 0 unspecified atom stereocenters. The van der Waals surface area contributed by atoms with Crippen LogP contribution >= 0.6 is 0 Å². The molecule has 0 heterocycles. The van der Waals surface area contributed by atoms with Crippen molar-refractivity contribution >= 4 is 5.91 Å². The van der Waals surface area contributed by atoms with Gasteiger partial charge < -0.3 is 14.8 Å². The Morgan fingerprint density at radius 3 is 2.24 bits per heavy atom. The molecule has 1 N–H and O–H groups in total. The third-order valence-corrected chi connectivity index (χ3v) is 4.98. The Morgan fingerprint density at radius 1 is 1.00 bits per heavy atom. The Balaban J connectivity index is 1.97. The van der Waals surface area contributed by atoms with Crippen LogP contribution in [0.4, 0.5) is 0 Å². The second-order valence-electron chi connectivity index (χ2n) is 8.00. The van der Waals surface area contributed by atoms with Gasteiger partial charge in [-0.25, -0.2) is 0 Å². The molecule has 0 aromatic carbocycles. The van der Waals surface area contributed by atoms with E-state index in [4.69, 9.17) is 9.47 Å². The molecule has 0 bridgehead atoms. The minimum Gasteiger partial charge on any atom is -0.379 e. The third-order valence-electron chi connectivity index (χ3n) is 4.98. The van der Waals surface area contributed by atoms with Gasteiger partial charge in [-0.15, -0.1) is 0 Å². The number of carbonyl (C=O) groups excluding carboxylic acids is 1. The van der Waals surface area contributed by atoms with E-state index in [9.17, 15) is 4.79 Å². The van der Waals surface area contributed by atoms with E-state index in [1.165, 1.54) is 24.8 Å². The molecule has 4 heteroatoms. The van der Waals surface area contributed by atoms with E-state index >= 15 is 0 Å². The zero-order chi connectivity index (χ0) is 18.7. The maximum atomic E-state index is 12.3. The van der Waals surface area contributed by atoms with E-state index in [2.05, 4.69) is 46.0 Å². The summed E-state index contributed by atoms with van der Waals surface area (Å²) in [5.41, 5.74) is 1.38. The lowest BCUT2D eigenvalue weighted by Gasteiger charge is -2.07. The molecule has 1 fully saturated rings. The molecule has 1 saturated carbocycles. The van der Waals surface area contributed by atoms with Crippen molar-refractivity contribution in [3.05, 3.63) is 11.6 Å². The molecule has 4 nitrogen and oxygen atoms in total. The largest absolute Gasteiger partial charge is 0.379 e. The van der Waals surface area contributed by atoms with Crippen LogP contribution in [-0.2, 0) is 14.3 Å².